The molecule has 1 aromatic rings. The van der Waals surface area contributed by atoms with Crippen molar-refractivity contribution in [3.63, 3.8) is 0 Å². The molecule has 0 saturated heterocycles. The van der Waals surface area contributed by atoms with Crippen LogP contribution in [0, 0.1) is 0 Å². The number of halogens is 1. The molecule has 0 aliphatic carbocycles. The van der Waals surface area contributed by atoms with Crippen molar-refractivity contribution >= 4 is 17.4 Å². The molecule has 4 nitrogen and oxygen atoms in total. The number of nitrogens with zero attached hydrogens (tertiary/aromatic N) is 2. The SMILES string of the molecule is CCN(CCO)c1nccc(CN)c1Cl. The summed E-state index contributed by atoms with van der Waals surface area (Å²) in [6.45, 7) is 3.74. The lowest BCUT2D eigenvalue weighted by atomic mass is 10.2. The van der Waals surface area contributed by atoms with Crippen LogP contribution in [0.2, 0.25) is 5.02 Å². The molecule has 0 unspecified atom stereocenters. The van der Waals surface area contributed by atoms with Crippen LogP contribution in [0.1, 0.15) is 12.5 Å². The number of aliphatic hydroxyl groups excluding tert-OH is 1. The van der Waals surface area contributed by atoms with E-state index >= 15 is 0 Å². The summed E-state index contributed by atoms with van der Waals surface area (Å²) >= 11 is 6.15. The van der Waals surface area contributed by atoms with E-state index in [0.717, 1.165) is 12.1 Å². The minimum atomic E-state index is 0.0820. The highest BCUT2D eigenvalue weighted by molar-refractivity contribution is 6.33. The van der Waals surface area contributed by atoms with Gasteiger partial charge in [0, 0.05) is 25.8 Å². The third-order valence-corrected chi connectivity index (χ3v) is 2.63. The first-order chi connectivity index (χ1) is 7.24. The summed E-state index contributed by atoms with van der Waals surface area (Å²) in [7, 11) is 0. The summed E-state index contributed by atoms with van der Waals surface area (Å²) < 4.78 is 0. The molecule has 3 N–H and O–H groups in total. The zero-order chi connectivity index (χ0) is 11.3. The van der Waals surface area contributed by atoms with Crippen molar-refractivity contribution in [2.45, 2.75) is 13.5 Å². The lowest BCUT2D eigenvalue weighted by Crippen LogP contribution is -2.27. The predicted octanol–water partition coefficient (Wildman–Crippen LogP) is 1.01. The van der Waals surface area contributed by atoms with Crippen molar-refractivity contribution in [3.8, 4) is 0 Å². The van der Waals surface area contributed by atoms with Gasteiger partial charge >= 0.3 is 0 Å². The minimum Gasteiger partial charge on any atom is -0.395 e. The second-order valence-electron chi connectivity index (χ2n) is 3.12. The predicted molar refractivity (Wildman–Crippen MR) is 62.1 cm³/mol. The van der Waals surface area contributed by atoms with E-state index in [1.54, 1.807) is 12.3 Å². The van der Waals surface area contributed by atoms with Gasteiger partial charge in [-0.15, -0.1) is 0 Å². The van der Waals surface area contributed by atoms with Crippen LogP contribution < -0.4 is 10.6 Å². The number of hydrogen-bond acceptors (Lipinski definition) is 4. The molecule has 1 aromatic heterocycles. The Kier molecular flexibility index (Phi) is 4.81. The maximum absolute atomic E-state index is 8.91. The lowest BCUT2D eigenvalue weighted by molar-refractivity contribution is 0.302. The van der Waals surface area contributed by atoms with Crippen molar-refractivity contribution < 1.29 is 5.11 Å². The molecule has 1 rings (SSSR count). The van der Waals surface area contributed by atoms with Gasteiger partial charge in [0.25, 0.3) is 0 Å². The van der Waals surface area contributed by atoms with Crippen LogP contribution in [-0.4, -0.2) is 29.8 Å². The summed E-state index contributed by atoms with van der Waals surface area (Å²) in [5.74, 6) is 0.691. The van der Waals surface area contributed by atoms with E-state index in [9.17, 15) is 0 Å². The molecule has 0 bridgehead atoms. The fourth-order valence-electron chi connectivity index (χ4n) is 1.38. The Morgan fingerprint density at radius 1 is 1.60 bits per heavy atom. The van der Waals surface area contributed by atoms with Gasteiger partial charge < -0.3 is 15.7 Å². The first kappa shape index (κ1) is 12.2. The van der Waals surface area contributed by atoms with Crippen molar-refractivity contribution in [2.75, 3.05) is 24.6 Å². The van der Waals surface area contributed by atoms with Crippen molar-refractivity contribution in [1.29, 1.82) is 0 Å². The van der Waals surface area contributed by atoms with Gasteiger partial charge in [-0.1, -0.05) is 11.6 Å². The number of pyridine rings is 1. The molecular formula is C10H16ClN3O. The van der Waals surface area contributed by atoms with E-state index in [2.05, 4.69) is 4.98 Å². The highest BCUT2D eigenvalue weighted by Crippen LogP contribution is 2.26. The summed E-state index contributed by atoms with van der Waals surface area (Å²) in [6.07, 6.45) is 1.68. The number of anilines is 1. The van der Waals surface area contributed by atoms with Crippen LogP contribution in [0.15, 0.2) is 12.3 Å². The van der Waals surface area contributed by atoms with Crippen molar-refractivity contribution in [1.82, 2.24) is 4.98 Å². The molecule has 0 aliphatic heterocycles. The molecule has 0 aromatic carbocycles. The Morgan fingerprint density at radius 2 is 2.33 bits per heavy atom. The Bertz CT molecular complexity index is 320. The van der Waals surface area contributed by atoms with E-state index in [1.807, 2.05) is 11.8 Å². The Labute approximate surface area is 94.7 Å². The minimum absolute atomic E-state index is 0.0820. The molecule has 0 amide bonds. The molecule has 0 spiro atoms. The maximum atomic E-state index is 8.91. The van der Waals surface area contributed by atoms with Crippen molar-refractivity contribution in [3.05, 3.63) is 22.8 Å². The van der Waals surface area contributed by atoms with Gasteiger partial charge in [0.1, 0.15) is 5.82 Å². The normalized spacial score (nSPS) is 10.4. The van der Waals surface area contributed by atoms with Gasteiger partial charge in [0.05, 0.1) is 11.6 Å². The lowest BCUT2D eigenvalue weighted by Gasteiger charge is -2.22. The molecule has 5 heteroatoms. The van der Waals surface area contributed by atoms with Crippen LogP contribution in [-0.2, 0) is 6.54 Å². The van der Waals surface area contributed by atoms with Gasteiger partial charge in [-0.2, -0.15) is 0 Å². The highest BCUT2D eigenvalue weighted by Gasteiger charge is 2.12. The summed E-state index contributed by atoms with van der Waals surface area (Å²) in [5, 5.41) is 9.49. The quantitative estimate of drug-likeness (QED) is 0.791. The van der Waals surface area contributed by atoms with E-state index in [4.69, 9.17) is 22.4 Å². The molecule has 0 aliphatic rings. The summed E-state index contributed by atoms with van der Waals surface area (Å²) in [5.41, 5.74) is 6.43. The second kappa shape index (κ2) is 5.90. The molecule has 0 atom stereocenters. The Hall–Kier alpha value is -0.840. The number of likely N-dealkylation sites (N-methyl/N-ethyl adjacent to an activating group) is 1. The number of hydrogen-bond donors (Lipinski definition) is 2. The fraction of sp³-hybridized carbons (Fsp3) is 0.500. The topological polar surface area (TPSA) is 62.4 Å². The van der Waals surface area contributed by atoms with Gasteiger partial charge in [0.15, 0.2) is 0 Å². The summed E-state index contributed by atoms with van der Waals surface area (Å²) in [6, 6.07) is 1.80. The molecular weight excluding hydrogens is 214 g/mol. The van der Waals surface area contributed by atoms with Crippen LogP contribution in [0.5, 0.6) is 0 Å². The monoisotopic (exact) mass is 229 g/mol. The van der Waals surface area contributed by atoms with Gasteiger partial charge in [-0.25, -0.2) is 4.98 Å². The van der Waals surface area contributed by atoms with E-state index in [1.165, 1.54) is 0 Å². The fourth-order valence-corrected chi connectivity index (χ4v) is 1.69. The van der Waals surface area contributed by atoms with Crippen LogP contribution in [0.4, 0.5) is 5.82 Å². The third kappa shape index (κ3) is 2.81. The standard InChI is InChI=1S/C10H16ClN3O/c1-2-14(5-6-15)10-9(11)8(7-12)3-4-13-10/h3-4,15H,2,5-7,12H2,1H3. The Morgan fingerprint density at radius 3 is 2.87 bits per heavy atom. The van der Waals surface area contributed by atoms with Crippen LogP contribution in [0.3, 0.4) is 0 Å². The third-order valence-electron chi connectivity index (χ3n) is 2.22. The zero-order valence-electron chi connectivity index (χ0n) is 8.78. The van der Waals surface area contributed by atoms with Crippen LogP contribution >= 0.6 is 11.6 Å². The number of aliphatic hydroxyl groups is 1. The van der Waals surface area contributed by atoms with Gasteiger partial charge in [-0.3, -0.25) is 0 Å². The van der Waals surface area contributed by atoms with E-state index in [0.29, 0.717) is 23.9 Å². The number of rotatable bonds is 5. The van der Waals surface area contributed by atoms with Crippen LogP contribution in [0.25, 0.3) is 0 Å². The molecule has 0 saturated carbocycles. The largest absolute Gasteiger partial charge is 0.395 e. The molecule has 84 valence electrons. The van der Waals surface area contributed by atoms with E-state index < -0.39 is 0 Å². The highest BCUT2D eigenvalue weighted by atomic mass is 35.5. The van der Waals surface area contributed by atoms with Gasteiger partial charge in [-0.05, 0) is 18.6 Å². The molecule has 0 fully saturated rings. The first-order valence-electron chi connectivity index (χ1n) is 4.93. The average Bonchev–Trinajstić information content (AvgIpc) is 2.27. The number of nitrogens with two attached hydrogens (primary N) is 1. The average molecular weight is 230 g/mol. The smallest absolute Gasteiger partial charge is 0.147 e. The number of aromatic nitrogens is 1. The summed E-state index contributed by atoms with van der Waals surface area (Å²) in [4.78, 5) is 6.12. The molecule has 15 heavy (non-hydrogen) atoms. The molecule has 1 heterocycles. The Balaban J connectivity index is 3.01. The second-order valence-corrected chi connectivity index (χ2v) is 3.49. The van der Waals surface area contributed by atoms with E-state index in [-0.39, 0.29) is 6.61 Å². The van der Waals surface area contributed by atoms with Crippen molar-refractivity contribution in [2.24, 2.45) is 5.73 Å². The maximum Gasteiger partial charge on any atom is 0.147 e. The first-order valence-corrected chi connectivity index (χ1v) is 5.31. The molecule has 0 radical (unpaired) electrons. The van der Waals surface area contributed by atoms with Gasteiger partial charge in [0.2, 0.25) is 0 Å². The zero-order valence-corrected chi connectivity index (χ0v) is 9.54.